The zero-order valence-corrected chi connectivity index (χ0v) is 23.8. The molecule has 1 aliphatic rings. The van der Waals surface area contributed by atoms with Crippen LogP contribution in [-0.4, -0.2) is 39.3 Å². The zero-order valence-electron chi connectivity index (χ0n) is 23.0. The number of aromatic hydroxyl groups is 1. The van der Waals surface area contributed by atoms with Gasteiger partial charge in [0.25, 0.3) is 5.91 Å². The monoisotopic (exact) mass is 559 g/mol. The van der Waals surface area contributed by atoms with Crippen LogP contribution in [0.5, 0.6) is 17.2 Å². The number of aromatic amines is 1. The molecule has 0 spiro atoms. The van der Waals surface area contributed by atoms with Crippen molar-refractivity contribution in [3.05, 3.63) is 93.6 Å². The Morgan fingerprint density at radius 3 is 2.58 bits per heavy atom. The maximum absolute atomic E-state index is 13.7. The van der Waals surface area contributed by atoms with E-state index in [2.05, 4.69) is 17.1 Å². The van der Waals surface area contributed by atoms with Crippen LogP contribution >= 0.6 is 11.6 Å². The fraction of sp³-hybridized carbons (Fsp3) is 0.312. The second-order valence-corrected chi connectivity index (χ2v) is 10.4. The van der Waals surface area contributed by atoms with E-state index in [1.807, 2.05) is 67.3 Å². The zero-order chi connectivity index (χ0) is 28.2. The van der Waals surface area contributed by atoms with Gasteiger partial charge in [-0.25, -0.2) is 0 Å². The third kappa shape index (κ3) is 5.39. The molecule has 8 heteroatoms. The number of nitrogens with one attached hydrogen (secondary N) is 1. The average molecular weight is 560 g/mol. The second-order valence-electron chi connectivity index (χ2n) is 10.0. The van der Waals surface area contributed by atoms with Gasteiger partial charge in [0.05, 0.1) is 12.6 Å². The molecule has 0 fully saturated rings. The highest BCUT2D eigenvalue weighted by molar-refractivity contribution is 6.31. The number of H-pyrrole nitrogens is 1. The molecule has 2 N–H and O–H groups in total. The van der Waals surface area contributed by atoms with Gasteiger partial charge >= 0.3 is 0 Å². The number of unbranched alkanes of at least 4 members (excludes halogenated alkanes) is 2. The molecule has 208 valence electrons. The van der Waals surface area contributed by atoms with Crippen molar-refractivity contribution < 1.29 is 19.4 Å². The minimum atomic E-state index is -0.421. The Morgan fingerprint density at radius 1 is 1.02 bits per heavy atom. The molecule has 0 saturated carbocycles. The summed E-state index contributed by atoms with van der Waals surface area (Å²) in [6.07, 6.45) is 2.94. The molecule has 0 radical (unpaired) electrons. The number of carbonyl (C=O) groups is 1. The lowest BCUT2D eigenvalue weighted by molar-refractivity contribution is 0.0740. The number of aryl methyl sites for hydroxylation is 1. The van der Waals surface area contributed by atoms with Gasteiger partial charge in [-0.2, -0.15) is 5.10 Å². The number of phenolic OH excluding ortho intramolecular Hbond substituents is 1. The number of rotatable bonds is 11. The second kappa shape index (κ2) is 12.0. The largest absolute Gasteiger partial charge is 0.507 e. The van der Waals surface area contributed by atoms with Crippen molar-refractivity contribution in [3.63, 3.8) is 0 Å². The smallest absolute Gasteiger partial charge is 0.273 e. The van der Waals surface area contributed by atoms with Gasteiger partial charge in [0.15, 0.2) is 11.5 Å². The maximum Gasteiger partial charge on any atom is 0.273 e. The molecule has 1 atom stereocenters. The molecular weight excluding hydrogens is 526 g/mol. The average Bonchev–Trinajstić information content (AvgIpc) is 3.49. The molecule has 1 aromatic heterocycles. The van der Waals surface area contributed by atoms with Crippen LogP contribution in [0.15, 0.2) is 60.7 Å². The van der Waals surface area contributed by atoms with E-state index in [-0.39, 0.29) is 11.7 Å². The number of aromatic nitrogens is 2. The summed E-state index contributed by atoms with van der Waals surface area (Å²) in [7, 11) is 0. The lowest BCUT2D eigenvalue weighted by Crippen LogP contribution is -2.30. The Labute approximate surface area is 239 Å². The molecule has 3 aromatic carbocycles. The lowest BCUT2D eigenvalue weighted by Gasteiger charge is -2.27. The molecule has 40 heavy (non-hydrogen) atoms. The number of amides is 1. The minimum Gasteiger partial charge on any atom is -0.507 e. The number of halogens is 1. The first kappa shape index (κ1) is 27.6. The Hall–Kier alpha value is -3.97. The highest BCUT2D eigenvalue weighted by atomic mass is 35.5. The highest BCUT2D eigenvalue weighted by Gasteiger charge is 2.42. The SMILES string of the molecule is CCCCCN1C(=O)c2[nH]nc(-c3cc(Cl)c(C)cc3O)c2C1c1ccc(OCc2ccccc2)c(OCC)c1. The summed E-state index contributed by atoms with van der Waals surface area (Å²) in [6, 6.07) is 18.7. The predicted molar refractivity (Wildman–Crippen MR) is 156 cm³/mol. The molecule has 4 aromatic rings. The van der Waals surface area contributed by atoms with Crippen LogP contribution in [0.4, 0.5) is 0 Å². The van der Waals surface area contributed by atoms with Gasteiger partial charge in [-0.1, -0.05) is 67.8 Å². The van der Waals surface area contributed by atoms with Crippen molar-refractivity contribution >= 4 is 17.5 Å². The Kier molecular flexibility index (Phi) is 8.31. The van der Waals surface area contributed by atoms with Crippen molar-refractivity contribution in [2.24, 2.45) is 0 Å². The fourth-order valence-electron chi connectivity index (χ4n) is 5.18. The molecule has 2 heterocycles. The Balaban J connectivity index is 1.57. The summed E-state index contributed by atoms with van der Waals surface area (Å²) in [6.45, 7) is 7.37. The number of nitrogens with zero attached hydrogens (tertiary/aromatic N) is 2. The van der Waals surface area contributed by atoms with Gasteiger partial charge in [0.1, 0.15) is 23.7 Å². The number of hydrogen-bond donors (Lipinski definition) is 2. The number of phenols is 1. The van der Waals surface area contributed by atoms with Gasteiger partial charge in [0.2, 0.25) is 0 Å². The minimum absolute atomic E-state index is 0.0616. The van der Waals surface area contributed by atoms with Crippen molar-refractivity contribution in [2.75, 3.05) is 13.2 Å². The fourth-order valence-corrected chi connectivity index (χ4v) is 5.35. The molecule has 1 unspecified atom stereocenters. The number of carbonyl (C=O) groups excluding carboxylic acids is 1. The van der Waals surface area contributed by atoms with E-state index in [0.717, 1.165) is 41.5 Å². The summed E-state index contributed by atoms with van der Waals surface area (Å²) >= 11 is 6.44. The van der Waals surface area contributed by atoms with E-state index in [9.17, 15) is 9.90 Å². The maximum atomic E-state index is 13.7. The normalized spacial score (nSPS) is 14.4. The van der Waals surface area contributed by atoms with Crippen molar-refractivity contribution in [3.8, 4) is 28.5 Å². The standard InChI is InChI=1S/C32H34ClN3O4/c1-4-6-10-15-36-31(22-13-14-26(27(17-22)39-5-2)40-19-21-11-8-7-9-12-21)28-29(34-35-30(28)32(36)38)23-18-24(33)20(3)16-25(23)37/h7-9,11-14,16-18,31,37H,4-6,10,15,19H2,1-3H3,(H,34,35). The predicted octanol–water partition coefficient (Wildman–Crippen LogP) is 7.46. The summed E-state index contributed by atoms with van der Waals surface area (Å²) in [5.74, 6) is 1.19. The highest BCUT2D eigenvalue weighted by Crippen LogP contribution is 2.46. The van der Waals surface area contributed by atoms with Crippen molar-refractivity contribution in [1.29, 1.82) is 0 Å². The summed E-state index contributed by atoms with van der Waals surface area (Å²) < 4.78 is 12.1. The van der Waals surface area contributed by atoms with Crippen molar-refractivity contribution in [1.82, 2.24) is 15.1 Å². The molecule has 0 bridgehead atoms. The van der Waals surface area contributed by atoms with E-state index in [1.54, 1.807) is 12.1 Å². The van der Waals surface area contributed by atoms with Crippen LogP contribution in [0.3, 0.4) is 0 Å². The molecule has 7 nitrogen and oxygen atoms in total. The van der Waals surface area contributed by atoms with E-state index in [0.29, 0.717) is 53.2 Å². The summed E-state index contributed by atoms with van der Waals surface area (Å²) in [5, 5.41) is 18.8. The summed E-state index contributed by atoms with van der Waals surface area (Å²) in [5.41, 5.74) is 4.83. The van der Waals surface area contributed by atoms with Crippen LogP contribution in [0.2, 0.25) is 5.02 Å². The summed E-state index contributed by atoms with van der Waals surface area (Å²) in [4.78, 5) is 15.6. The van der Waals surface area contributed by atoms with Crippen LogP contribution in [0.25, 0.3) is 11.3 Å². The van der Waals surface area contributed by atoms with Gasteiger partial charge in [-0.15, -0.1) is 0 Å². The Bertz CT molecular complexity index is 1500. The molecule has 5 rings (SSSR count). The van der Waals surface area contributed by atoms with E-state index in [4.69, 9.17) is 21.1 Å². The lowest BCUT2D eigenvalue weighted by atomic mass is 9.95. The molecule has 1 aliphatic heterocycles. The van der Waals surface area contributed by atoms with E-state index in [1.165, 1.54) is 0 Å². The van der Waals surface area contributed by atoms with Gasteiger partial charge in [-0.3, -0.25) is 9.89 Å². The van der Waals surface area contributed by atoms with Crippen molar-refractivity contribution in [2.45, 2.75) is 52.7 Å². The van der Waals surface area contributed by atoms with Crippen LogP contribution < -0.4 is 9.47 Å². The number of hydrogen-bond acceptors (Lipinski definition) is 5. The Morgan fingerprint density at radius 2 is 1.82 bits per heavy atom. The van der Waals surface area contributed by atoms with Gasteiger partial charge in [0, 0.05) is 22.7 Å². The first-order valence-electron chi connectivity index (χ1n) is 13.7. The number of benzene rings is 3. The van der Waals surface area contributed by atoms with E-state index >= 15 is 0 Å². The van der Waals surface area contributed by atoms with Crippen LogP contribution in [0.1, 0.15) is 71.9 Å². The third-order valence-electron chi connectivity index (χ3n) is 7.22. The molecular formula is C32H34ClN3O4. The van der Waals surface area contributed by atoms with Crippen LogP contribution in [0, 0.1) is 6.92 Å². The quantitative estimate of drug-likeness (QED) is 0.186. The molecule has 1 amide bonds. The first-order valence-corrected chi connectivity index (χ1v) is 14.1. The molecule has 0 saturated heterocycles. The van der Waals surface area contributed by atoms with E-state index < -0.39 is 6.04 Å². The van der Waals surface area contributed by atoms with Gasteiger partial charge in [-0.05, 0) is 61.2 Å². The molecule has 0 aliphatic carbocycles. The first-order chi connectivity index (χ1) is 19.4. The topological polar surface area (TPSA) is 87.7 Å². The van der Waals surface area contributed by atoms with Gasteiger partial charge < -0.3 is 19.5 Å². The third-order valence-corrected chi connectivity index (χ3v) is 7.63. The van der Waals surface area contributed by atoms with Crippen LogP contribution in [-0.2, 0) is 6.61 Å². The number of fused-ring (bicyclic) bond motifs is 1. The number of ether oxygens (including phenoxy) is 2.